The average molecular weight is 356 g/mol. The highest BCUT2D eigenvalue weighted by Crippen LogP contribution is 2.38. The van der Waals surface area contributed by atoms with Crippen LogP contribution >= 0.6 is 22.7 Å². The minimum Gasteiger partial charge on any atom is -0.399 e. The molecule has 2 aromatic heterocycles. The zero-order valence-corrected chi connectivity index (χ0v) is 16.4. The Morgan fingerprint density at radius 3 is 2.33 bits per heavy atom. The summed E-state index contributed by atoms with van der Waals surface area (Å²) in [5.74, 6) is 6.26. The van der Waals surface area contributed by atoms with Crippen LogP contribution < -0.4 is 4.78 Å². The number of thiophene rings is 2. The van der Waals surface area contributed by atoms with E-state index in [4.69, 9.17) is 9.31 Å². The molecule has 3 heterocycles. The Bertz CT molecular complexity index is 827. The maximum Gasteiger partial charge on any atom is 0.505 e. The Morgan fingerprint density at radius 1 is 1.12 bits per heavy atom. The molecule has 2 aromatic rings. The number of hydrogen-bond donors (Lipinski definition) is 0. The Kier molecular flexibility index (Phi) is 4.52. The van der Waals surface area contributed by atoms with Gasteiger partial charge in [0.1, 0.15) is 0 Å². The third-order valence-corrected chi connectivity index (χ3v) is 6.66. The molecule has 2 nitrogen and oxygen atoms in total. The first kappa shape index (κ1) is 17.5. The van der Waals surface area contributed by atoms with E-state index in [2.05, 4.69) is 58.2 Å². The van der Waals surface area contributed by atoms with Crippen LogP contribution in [0.5, 0.6) is 0 Å². The van der Waals surface area contributed by atoms with E-state index in [1.165, 1.54) is 9.40 Å². The van der Waals surface area contributed by atoms with Gasteiger partial charge in [0.25, 0.3) is 0 Å². The smallest absolute Gasteiger partial charge is 0.399 e. The van der Waals surface area contributed by atoms with Gasteiger partial charge in [-0.05, 0) is 46.8 Å². The third-order valence-electron chi connectivity index (χ3n) is 4.43. The summed E-state index contributed by atoms with van der Waals surface area (Å²) in [6.45, 7) is 14.2. The molecular formula is C19H21BO2S2. The molecule has 0 atom stereocenters. The van der Waals surface area contributed by atoms with E-state index >= 15 is 0 Å². The number of allylic oxidation sites excluding steroid dienone is 3. The number of fused-ring (bicyclic) bond motifs is 1. The van der Waals surface area contributed by atoms with Gasteiger partial charge in [0, 0.05) is 19.7 Å². The van der Waals surface area contributed by atoms with Gasteiger partial charge in [-0.2, -0.15) is 0 Å². The SMILES string of the molecule is C=C(C#Cc1cc2sc(B3OC(C)(C)C(C)(C)O3)cc2s1)/C=C\C. The monoisotopic (exact) mass is 356 g/mol. The van der Waals surface area contributed by atoms with Gasteiger partial charge in [-0.1, -0.05) is 30.6 Å². The lowest BCUT2D eigenvalue weighted by atomic mass is 9.88. The van der Waals surface area contributed by atoms with Crippen molar-refractivity contribution in [3.63, 3.8) is 0 Å². The van der Waals surface area contributed by atoms with Crippen molar-refractivity contribution in [1.82, 2.24) is 0 Å². The zero-order chi connectivity index (χ0) is 17.5. The molecule has 0 unspecified atom stereocenters. The second kappa shape index (κ2) is 6.20. The van der Waals surface area contributed by atoms with Crippen LogP contribution in [0, 0.1) is 11.8 Å². The predicted molar refractivity (Wildman–Crippen MR) is 106 cm³/mol. The molecule has 0 radical (unpaired) electrons. The Hall–Kier alpha value is -1.32. The van der Waals surface area contributed by atoms with Crippen molar-refractivity contribution in [1.29, 1.82) is 0 Å². The summed E-state index contributed by atoms with van der Waals surface area (Å²) >= 11 is 3.41. The second-order valence-electron chi connectivity index (χ2n) is 6.85. The highest BCUT2D eigenvalue weighted by atomic mass is 32.1. The summed E-state index contributed by atoms with van der Waals surface area (Å²) < 4.78 is 15.8. The number of rotatable bonds is 2. The summed E-state index contributed by atoms with van der Waals surface area (Å²) in [5, 5.41) is 0. The molecule has 124 valence electrons. The Balaban J connectivity index is 1.82. The molecular weight excluding hydrogens is 335 g/mol. The Labute approximate surface area is 152 Å². The van der Waals surface area contributed by atoms with Crippen LogP contribution in [0.1, 0.15) is 39.5 Å². The quantitative estimate of drug-likeness (QED) is 0.439. The van der Waals surface area contributed by atoms with E-state index in [0.29, 0.717) is 0 Å². The van der Waals surface area contributed by atoms with Crippen molar-refractivity contribution < 1.29 is 9.31 Å². The van der Waals surface area contributed by atoms with Crippen molar-refractivity contribution >= 4 is 44.0 Å². The summed E-state index contributed by atoms with van der Waals surface area (Å²) in [4.78, 5) is 1.06. The van der Waals surface area contributed by atoms with Crippen molar-refractivity contribution in [2.45, 2.75) is 45.8 Å². The zero-order valence-electron chi connectivity index (χ0n) is 14.7. The van der Waals surface area contributed by atoms with Gasteiger partial charge < -0.3 is 9.31 Å². The van der Waals surface area contributed by atoms with E-state index in [1.807, 2.05) is 19.1 Å². The maximum atomic E-state index is 6.13. The Morgan fingerprint density at radius 2 is 1.75 bits per heavy atom. The highest BCUT2D eigenvalue weighted by Gasteiger charge is 2.52. The molecule has 1 saturated heterocycles. The second-order valence-corrected chi connectivity index (χ2v) is 9.05. The van der Waals surface area contributed by atoms with E-state index in [-0.39, 0.29) is 18.3 Å². The van der Waals surface area contributed by atoms with Crippen LogP contribution in [-0.4, -0.2) is 18.3 Å². The molecule has 3 rings (SSSR count). The number of hydrogen-bond acceptors (Lipinski definition) is 4. The third kappa shape index (κ3) is 3.25. The summed E-state index contributed by atoms with van der Waals surface area (Å²) in [5.41, 5.74) is 0.213. The fraction of sp³-hybridized carbons (Fsp3) is 0.368. The molecule has 0 saturated carbocycles. The standard InChI is InChI=1S/C19H21BO2S2/c1-7-8-13(2)9-10-14-11-15-16(23-14)12-17(24-15)20-21-18(3,4)19(5,6)22-20/h7-8,11-12H,2H2,1,3-6H3/b8-7-. The van der Waals surface area contributed by atoms with Crippen LogP contribution in [0.25, 0.3) is 9.40 Å². The molecule has 5 heteroatoms. The molecule has 0 aliphatic carbocycles. The van der Waals surface area contributed by atoms with E-state index in [0.717, 1.165) is 15.2 Å². The topological polar surface area (TPSA) is 18.5 Å². The summed E-state index contributed by atoms with van der Waals surface area (Å²) in [6, 6.07) is 4.30. The summed E-state index contributed by atoms with van der Waals surface area (Å²) in [6.07, 6.45) is 3.86. The lowest BCUT2D eigenvalue weighted by Gasteiger charge is -2.32. The van der Waals surface area contributed by atoms with Gasteiger partial charge in [-0.25, -0.2) is 0 Å². The van der Waals surface area contributed by atoms with E-state index in [1.54, 1.807) is 22.7 Å². The summed E-state index contributed by atoms with van der Waals surface area (Å²) in [7, 11) is -0.288. The van der Waals surface area contributed by atoms with Crippen molar-refractivity contribution in [3.8, 4) is 11.8 Å². The van der Waals surface area contributed by atoms with Crippen LogP contribution in [0.4, 0.5) is 0 Å². The lowest BCUT2D eigenvalue weighted by Crippen LogP contribution is -2.41. The first-order chi connectivity index (χ1) is 11.2. The van der Waals surface area contributed by atoms with Gasteiger partial charge >= 0.3 is 7.12 Å². The van der Waals surface area contributed by atoms with Gasteiger partial charge in [0.15, 0.2) is 0 Å². The molecule has 0 spiro atoms. The van der Waals surface area contributed by atoms with Crippen LogP contribution in [0.2, 0.25) is 0 Å². The fourth-order valence-electron chi connectivity index (χ4n) is 2.38. The molecule has 0 bridgehead atoms. The molecule has 1 fully saturated rings. The predicted octanol–water partition coefficient (Wildman–Crippen LogP) is 4.75. The molecule has 0 amide bonds. The van der Waals surface area contributed by atoms with Crippen molar-refractivity contribution in [3.05, 3.63) is 41.3 Å². The molecule has 0 N–H and O–H groups in total. The molecule has 1 aliphatic heterocycles. The average Bonchev–Trinajstić information content (AvgIpc) is 3.07. The molecule has 1 aliphatic rings. The maximum absolute atomic E-state index is 6.13. The minimum atomic E-state index is -0.307. The normalized spacial score (nSPS) is 19.0. The van der Waals surface area contributed by atoms with Gasteiger partial charge in [-0.15, -0.1) is 22.7 Å². The van der Waals surface area contributed by atoms with Crippen LogP contribution in [-0.2, 0) is 9.31 Å². The van der Waals surface area contributed by atoms with Gasteiger partial charge in [0.2, 0.25) is 0 Å². The van der Waals surface area contributed by atoms with E-state index < -0.39 is 0 Å². The van der Waals surface area contributed by atoms with Crippen LogP contribution in [0.3, 0.4) is 0 Å². The largest absolute Gasteiger partial charge is 0.505 e. The lowest BCUT2D eigenvalue weighted by molar-refractivity contribution is 0.00578. The first-order valence-electron chi connectivity index (χ1n) is 7.94. The molecule has 24 heavy (non-hydrogen) atoms. The van der Waals surface area contributed by atoms with Crippen molar-refractivity contribution in [2.24, 2.45) is 0 Å². The fourth-order valence-corrected chi connectivity index (χ4v) is 4.60. The minimum absolute atomic E-state index is 0.288. The van der Waals surface area contributed by atoms with Gasteiger partial charge in [-0.3, -0.25) is 0 Å². The van der Waals surface area contributed by atoms with E-state index in [9.17, 15) is 0 Å². The van der Waals surface area contributed by atoms with Gasteiger partial charge in [0.05, 0.1) is 16.1 Å². The van der Waals surface area contributed by atoms with Crippen molar-refractivity contribution in [2.75, 3.05) is 0 Å². The molecule has 0 aromatic carbocycles. The van der Waals surface area contributed by atoms with Crippen LogP contribution in [0.15, 0.2) is 36.4 Å². The first-order valence-corrected chi connectivity index (χ1v) is 9.58. The highest BCUT2D eigenvalue weighted by molar-refractivity contribution is 7.33.